The maximum atomic E-state index is 9.20. The molecule has 0 amide bonds. The third-order valence-electron chi connectivity index (χ3n) is 4.82. The molecule has 7 heteroatoms. The van der Waals surface area contributed by atoms with E-state index in [1.807, 2.05) is 48.7 Å². The van der Waals surface area contributed by atoms with E-state index >= 15 is 0 Å². The lowest BCUT2D eigenvalue weighted by molar-refractivity contribution is 0.319. The molecule has 1 N–H and O–H groups in total. The van der Waals surface area contributed by atoms with Crippen molar-refractivity contribution < 1.29 is 5.21 Å². The average Bonchev–Trinajstić information content (AvgIpc) is 3.31. The van der Waals surface area contributed by atoms with E-state index in [9.17, 15) is 5.21 Å². The van der Waals surface area contributed by atoms with Gasteiger partial charge in [0.25, 0.3) is 0 Å². The fourth-order valence-corrected chi connectivity index (χ4v) is 3.68. The molecule has 2 aromatic carbocycles. The van der Waals surface area contributed by atoms with Gasteiger partial charge >= 0.3 is 0 Å². The molecule has 142 valence electrons. The van der Waals surface area contributed by atoms with Crippen molar-refractivity contribution in [3.05, 3.63) is 71.3 Å². The van der Waals surface area contributed by atoms with E-state index in [1.54, 1.807) is 13.1 Å². The molecule has 28 heavy (non-hydrogen) atoms. The molecule has 0 saturated carbocycles. The zero-order valence-electron chi connectivity index (χ0n) is 15.7. The Balaban J connectivity index is 1.81. The summed E-state index contributed by atoms with van der Waals surface area (Å²) in [6.45, 7) is 5.22. The van der Waals surface area contributed by atoms with Gasteiger partial charge in [0.2, 0.25) is 0 Å². The molecule has 0 bridgehead atoms. The zero-order chi connectivity index (χ0) is 19.7. The summed E-state index contributed by atoms with van der Waals surface area (Å²) in [7, 11) is 0. The molecule has 0 unspecified atom stereocenters. The van der Waals surface area contributed by atoms with Crippen molar-refractivity contribution in [2.75, 3.05) is 0 Å². The summed E-state index contributed by atoms with van der Waals surface area (Å²) in [6.07, 6.45) is 3.72. The second-order valence-corrected chi connectivity index (χ2v) is 6.96. The van der Waals surface area contributed by atoms with Crippen LogP contribution in [0.2, 0.25) is 5.02 Å². The summed E-state index contributed by atoms with van der Waals surface area (Å²) < 4.78 is 4.23. The number of aromatic nitrogens is 4. The van der Waals surface area contributed by atoms with Crippen molar-refractivity contribution in [1.82, 2.24) is 19.1 Å². The summed E-state index contributed by atoms with van der Waals surface area (Å²) in [6, 6.07) is 13.6. The summed E-state index contributed by atoms with van der Waals surface area (Å²) >= 11 is 6.15. The Hall–Kier alpha value is -3.12. The van der Waals surface area contributed by atoms with Gasteiger partial charge in [0.15, 0.2) is 0 Å². The van der Waals surface area contributed by atoms with Gasteiger partial charge in [-0.05, 0) is 32.0 Å². The minimum Gasteiger partial charge on any atom is -0.411 e. The van der Waals surface area contributed by atoms with Crippen LogP contribution in [-0.4, -0.2) is 30.0 Å². The molecule has 6 nitrogen and oxygen atoms in total. The summed E-state index contributed by atoms with van der Waals surface area (Å²) in [5.74, 6) is 1.75. The maximum absolute atomic E-state index is 9.20. The highest BCUT2D eigenvalue weighted by Gasteiger charge is 2.16. The van der Waals surface area contributed by atoms with Crippen LogP contribution in [0.4, 0.5) is 0 Å². The van der Waals surface area contributed by atoms with E-state index in [1.165, 1.54) is 0 Å². The van der Waals surface area contributed by atoms with Gasteiger partial charge in [-0.3, -0.25) is 0 Å². The standard InChI is InChI=1S/C21H20ClN5O/c1-3-27-18-9-5-8-17(14(2)25-28)20(18)24-19(27)13-26-11-10-23-21(26)15-6-4-7-16(22)12-15/h4-12,28H,3,13H2,1-2H3/b25-14+. The minimum absolute atomic E-state index is 0.542. The van der Waals surface area contributed by atoms with Gasteiger partial charge in [-0.25, -0.2) is 9.97 Å². The van der Waals surface area contributed by atoms with Crippen LogP contribution in [0.15, 0.2) is 60.0 Å². The second-order valence-electron chi connectivity index (χ2n) is 6.52. The number of benzene rings is 2. The first-order valence-electron chi connectivity index (χ1n) is 9.06. The number of rotatable bonds is 5. The molecule has 2 aromatic heterocycles. The van der Waals surface area contributed by atoms with E-state index in [0.717, 1.165) is 40.4 Å². The van der Waals surface area contributed by atoms with Crippen molar-refractivity contribution in [1.29, 1.82) is 0 Å². The molecule has 4 rings (SSSR count). The Morgan fingerprint density at radius 3 is 2.79 bits per heavy atom. The SMILES string of the molecule is CCn1c(Cn2ccnc2-c2cccc(Cl)c2)nc2c(/C(C)=N/O)cccc21. The Morgan fingerprint density at radius 1 is 1.21 bits per heavy atom. The highest BCUT2D eigenvalue weighted by molar-refractivity contribution is 6.30. The first kappa shape index (κ1) is 18.3. The molecule has 0 aliphatic carbocycles. The van der Waals surface area contributed by atoms with Crippen molar-refractivity contribution in [3.8, 4) is 11.4 Å². The van der Waals surface area contributed by atoms with Gasteiger partial charge in [0.05, 0.1) is 23.3 Å². The molecule has 4 aromatic rings. The van der Waals surface area contributed by atoms with Gasteiger partial charge in [-0.2, -0.15) is 0 Å². The molecule has 0 radical (unpaired) electrons. The number of hydrogen-bond donors (Lipinski definition) is 1. The number of hydrogen-bond acceptors (Lipinski definition) is 4. The van der Waals surface area contributed by atoms with Crippen LogP contribution >= 0.6 is 11.6 Å². The smallest absolute Gasteiger partial charge is 0.140 e. The van der Waals surface area contributed by atoms with Crippen molar-refractivity contribution >= 4 is 28.3 Å². The van der Waals surface area contributed by atoms with Crippen molar-refractivity contribution in [2.45, 2.75) is 26.9 Å². The maximum Gasteiger partial charge on any atom is 0.140 e. The highest BCUT2D eigenvalue weighted by Crippen LogP contribution is 2.25. The Morgan fingerprint density at radius 2 is 2.04 bits per heavy atom. The first-order chi connectivity index (χ1) is 13.6. The molecule has 0 fully saturated rings. The zero-order valence-corrected chi connectivity index (χ0v) is 16.4. The number of imidazole rings is 2. The monoisotopic (exact) mass is 393 g/mol. The molecule has 0 saturated heterocycles. The Kier molecular flexibility index (Phi) is 4.88. The average molecular weight is 394 g/mol. The fraction of sp³-hybridized carbons (Fsp3) is 0.190. The van der Waals surface area contributed by atoms with Crippen LogP contribution in [-0.2, 0) is 13.1 Å². The van der Waals surface area contributed by atoms with Gasteiger partial charge in [-0.15, -0.1) is 0 Å². The minimum atomic E-state index is 0.542. The molecule has 0 aliphatic rings. The highest BCUT2D eigenvalue weighted by atomic mass is 35.5. The lowest BCUT2D eigenvalue weighted by atomic mass is 10.1. The second kappa shape index (κ2) is 7.48. The largest absolute Gasteiger partial charge is 0.411 e. The molecular formula is C21H20ClN5O. The van der Waals surface area contributed by atoms with Gasteiger partial charge < -0.3 is 14.3 Å². The normalized spacial score (nSPS) is 12.0. The third kappa shape index (κ3) is 3.16. The number of nitrogens with zero attached hydrogens (tertiary/aromatic N) is 5. The number of fused-ring (bicyclic) bond motifs is 1. The molecular weight excluding hydrogens is 374 g/mol. The van der Waals surface area contributed by atoms with Crippen LogP contribution in [0.1, 0.15) is 25.2 Å². The van der Waals surface area contributed by atoms with Crippen LogP contribution in [0.25, 0.3) is 22.4 Å². The lowest BCUT2D eigenvalue weighted by Crippen LogP contribution is -2.08. The Labute approximate surface area is 167 Å². The topological polar surface area (TPSA) is 68.2 Å². The molecule has 0 atom stereocenters. The fourth-order valence-electron chi connectivity index (χ4n) is 3.49. The van der Waals surface area contributed by atoms with Crippen molar-refractivity contribution in [2.24, 2.45) is 5.16 Å². The summed E-state index contributed by atoms with van der Waals surface area (Å²) in [5.41, 5.74) is 4.18. The summed E-state index contributed by atoms with van der Waals surface area (Å²) in [5, 5.41) is 13.2. The van der Waals surface area contributed by atoms with E-state index < -0.39 is 0 Å². The predicted octanol–water partition coefficient (Wildman–Crippen LogP) is 4.82. The van der Waals surface area contributed by atoms with Crippen molar-refractivity contribution in [3.63, 3.8) is 0 Å². The first-order valence-corrected chi connectivity index (χ1v) is 9.44. The van der Waals surface area contributed by atoms with Crippen LogP contribution in [0, 0.1) is 0 Å². The van der Waals surface area contributed by atoms with E-state index in [-0.39, 0.29) is 0 Å². The number of oxime groups is 1. The molecule has 0 spiro atoms. The Bertz CT molecular complexity index is 1170. The number of para-hydroxylation sites is 1. The van der Waals surface area contributed by atoms with Crippen LogP contribution in [0.3, 0.4) is 0 Å². The lowest BCUT2D eigenvalue weighted by Gasteiger charge is -2.10. The van der Waals surface area contributed by atoms with Gasteiger partial charge in [-0.1, -0.05) is 41.0 Å². The summed E-state index contributed by atoms with van der Waals surface area (Å²) in [4.78, 5) is 9.38. The molecule has 0 aliphatic heterocycles. The van der Waals surface area contributed by atoms with Crippen LogP contribution in [0.5, 0.6) is 0 Å². The van der Waals surface area contributed by atoms with Gasteiger partial charge in [0, 0.05) is 35.1 Å². The van der Waals surface area contributed by atoms with E-state index in [4.69, 9.17) is 16.6 Å². The quantitative estimate of drug-likeness (QED) is 0.300. The van der Waals surface area contributed by atoms with Crippen LogP contribution < -0.4 is 0 Å². The van der Waals surface area contributed by atoms with Gasteiger partial charge in [0.1, 0.15) is 11.6 Å². The third-order valence-corrected chi connectivity index (χ3v) is 5.06. The number of halogens is 1. The predicted molar refractivity (Wildman–Crippen MR) is 111 cm³/mol. The van der Waals surface area contributed by atoms with E-state index in [0.29, 0.717) is 17.3 Å². The van der Waals surface area contributed by atoms with E-state index in [2.05, 4.69) is 26.2 Å². The number of aryl methyl sites for hydroxylation is 1. The molecule has 2 heterocycles.